The fraction of sp³-hybridized carbons (Fsp3) is 0.409. The number of amides is 1. The van der Waals surface area contributed by atoms with Crippen LogP contribution in [-0.4, -0.2) is 34.6 Å². The normalized spacial score (nSPS) is 12.5. The Labute approximate surface area is 178 Å². The Morgan fingerprint density at radius 1 is 1.07 bits per heavy atom. The quantitative estimate of drug-likeness (QED) is 0.599. The summed E-state index contributed by atoms with van der Waals surface area (Å²) >= 11 is 0. The van der Waals surface area contributed by atoms with Crippen LogP contribution in [0.2, 0.25) is 0 Å². The molecule has 0 aliphatic heterocycles. The van der Waals surface area contributed by atoms with Crippen molar-refractivity contribution in [2.75, 3.05) is 20.3 Å². The van der Waals surface area contributed by atoms with E-state index < -0.39 is 10.0 Å². The summed E-state index contributed by atoms with van der Waals surface area (Å²) < 4.78 is 38.2. The van der Waals surface area contributed by atoms with Gasteiger partial charge in [0.1, 0.15) is 11.5 Å². The maximum absolute atomic E-state index is 12.3. The van der Waals surface area contributed by atoms with E-state index in [1.54, 1.807) is 20.1 Å². The Bertz CT molecular complexity index is 973. The van der Waals surface area contributed by atoms with Crippen LogP contribution in [0, 0.1) is 12.8 Å². The largest absolute Gasteiger partial charge is 0.496 e. The number of methoxy groups -OCH3 is 1. The fourth-order valence-corrected chi connectivity index (χ4v) is 4.14. The van der Waals surface area contributed by atoms with Gasteiger partial charge in [-0.05, 0) is 49.6 Å². The minimum absolute atomic E-state index is 0.169. The second-order valence-corrected chi connectivity index (χ2v) is 9.26. The Hall–Kier alpha value is -2.58. The van der Waals surface area contributed by atoms with Gasteiger partial charge < -0.3 is 14.8 Å². The first-order chi connectivity index (χ1) is 14.1. The van der Waals surface area contributed by atoms with Crippen LogP contribution in [0.25, 0.3) is 0 Å². The third kappa shape index (κ3) is 6.47. The van der Waals surface area contributed by atoms with Gasteiger partial charge in [-0.15, -0.1) is 0 Å². The minimum Gasteiger partial charge on any atom is -0.496 e. The van der Waals surface area contributed by atoms with E-state index in [0.717, 1.165) is 5.56 Å². The molecule has 0 heterocycles. The molecule has 7 nitrogen and oxygen atoms in total. The van der Waals surface area contributed by atoms with Crippen molar-refractivity contribution in [3.63, 3.8) is 0 Å². The molecule has 2 rings (SSSR count). The zero-order chi connectivity index (χ0) is 22.3. The van der Waals surface area contributed by atoms with Crippen LogP contribution >= 0.6 is 0 Å². The second-order valence-electron chi connectivity index (χ2n) is 7.49. The van der Waals surface area contributed by atoms with Crippen molar-refractivity contribution in [3.8, 4) is 11.5 Å². The molecule has 2 aromatic carbocycles. The Kier molecular flexibility index (Phi) is 8.25. The lowest BCUT2D eigenvalue weighted by molar-refractivity contribution is -0.123. The van der Waals surface area contributed by atoms with Crippen LogP contribution < -0.4 is 19.5 Å². The molecule has 2 N–H and O–H groups in total. The summed E-state index contributed by atoms with van der Waals surface area (Å²) in [7, 11) is -1.99. The zero-order valence-electron chi connectivity index (χ0n) is 18.1. The number of para-hydroxylation sites is 1. The van der Waals surface area contributed by atoms with E-state index in [1.165, 1.54) is 12.1 Å². The lowest BCUT2D eigenvalue weighted by atomic mass is 10.1. The first kappa shape index (κ1) is 23.7. The van der Waals surface area contributed by atoms with E-state index in [-0.39, 0.29) is 29.4 Å². The molecule has 0 saturated carbocycles. The number of rotatable bonds is 10. The van der Waals surface area contributed by atoms with Gasteiger partial charge in [-0.2, -0.15) is 0 Å². The van der Waals surface area contributed by atoms with Crippen LogP contribution in [0.5, 0.6) is 11.5 Å². The number of nitrogens with one attached hydrogen (secondary N) is 2. The highest BCUT2D eigenvalue weighted by atomic mass is 32.2. The lowest BCUT2D eigenvalue weighted by Crippen LogP contribution is -2.31. The van der Waals surface area contributed by atoms with E-state index >= 15 is 0 Å². The third-order valence-electron chi connectivity index (χ3n) is 4.48. The smallest absolute Gasteiger partial charge is 0.258 e. The molecular weight excluding hydrogens is 404 g/mol. The predicted molar refractivity (Wildman–Crippen MR) is 116 cm³/mol. The van der Waals surface area contributed by atoms with Gasteiger partial charge in [0, 0.05) is 12.1 Å². The summed E-state index contributed by atoms with van der Waals surface area (Å²) in [6.07, 6.45) is 0. The Morgan fingerprint density at radius 2 is 1.77 bits per heavy atom. The molecule has 0 spiro atoms. The molecule has 0 aromatic heterocycles. The maximum Gasteiger partial charge on any atom is 0.258 e. The van der Waals surface area contributed by atoms with E-state index in [0.29, 0.717) is 23.6 Å². The van der Waals surface area contributed by atoms with Crippen molar-refractivity contribution in [1.82, 2.24) is 10.0 Å². The first-order valence-corrected chi connectivity index (χ1v) is 11.3. The van der Waals surface area contributed by atoms with E-state index in [4.69, 9.17) is 9.47 Å². The van der Waals surface area contributed by atoms with Gasteiger partial charge >= 0.3 is 0 Å². The molecule has 164 valence electrons. The van der Waals surface area contributed by atoms with Gasteiger partial charge in [-0.1, -0.05) is 32.0 Å². The maximum atomic E-state index is 12.3. The molecule has 0 fully saturated rings. The average Bonchev–Trinajstić information content (AvgIpc) is 2.71. The van der Waals surface area contributed by atoms with Crippen LogP contribution in [-0.2, 0) is 14.8 Å². The molecule has 0 aliphatic carbocycles. The SMILES string of the molecule is COc1ccccc1[C@H](C)NC(=O)COc1ccc(S(=O)(=O)NCC(C)C)cc1C. The van der Waals surface area contributed by atoms with Crippen LogP contribution in [0.4, 0.5) is 0 Å². The molecule has 1 atom stereocenters. The van der Waals surface area contributed by atoms with Gasteiger partial charge in [-0.25, -0.2) is 13.1 Å². The third-order valence-corrected chi connectivity index (χ3v) is 5.90. The molecule has 0 bridgehead atoms. The summed E-state index contributed by atoms with van der Waals surface area (Å²) in [4.78, 5) is 12.5. The van der Waals surface area contributed by atoms with E-state index in [9.17, 15) is 13.2 Å². The molecule has 1 amide bonds. The van der Waals surface area contributed by atoms with Gasteiger partial charge in [0.05, 0.1) is 18.0 Å². The number of sulfonamides is 1. The highest BCUT2D eigenvalue weighted by Crippen LogP contribution is 2.25. The number of ether oxygens (including phenoxy) is 2. The van der Waals surface area contributed by atoms with Crippen molar-refractivity contribution in [1.29, 1.82) is 0 Å². The van der Waals surface area contributed by atoms with Gasteiger partial charge in [0.2, 0.25) is 10.0 Å². The molecule has 2 aromatic rings. The number of carbonyl (C=O) groups is 1. The number of carbonyl (C=O) groups excluding carboxylic acids is 1. The number of benzene rings is 2. The summed E-state index contributed by atoms with van der Waals surface area (Å²) in [5.74, 6) is 1.08. The first-order valence-electron chi connectivity index (χ1n) is 9.79. The summed E-state index contributed by atoms with van der Waals surface area (Å²) in [5.41, 5.74) is 1.50. The minimum atomic E-state index is -3.58. The lowest BCUT2D eigenvalue weighted by Gasteiger charge is -2.18. The Morgan fingerprint density at radius 3 is 2.40 bits per heavy atom. The van der Waals surface area contributed by atoms with E-state index in [2.05, 4.69) is 10.0 Å². The second kappa shape index (κ2) is 10.4. The van der Waals surface area contributed by atoms with Crippen molar-refractivity contribution in [3.05, 3.63) is 53.6 Å². The number of hydrogen-bond donors (Lipinski definition) is 2. The van der Waals surface area contributed by atoms with Crippen molar-refractivity contribution >= 4 is 15.9 Å². The van der Waals surface area contributed by atoms with Gasteiger partial charge in [0.25, 0.3) is 5.91 Å². The van der Waals surface area contributed by atoms with Crippen molar-refractivity contribution in [2.24, 2.45) is 5.92 Å². The van der Waals surface area contributed by atoms with Crippen LogP contribution in [0.3, 0.4) is 0 Å². The van der Waals surface area contributed by atoms with Gasteiger partial charge in [0.15, 0.2) is 6.61 Å². The van der Waals surface area contributed by atoms with Crippen LogP contribution in [0.15, 0.2) is 47.4 Å². The molecule has 0 aliphatic rings. The van der Waals surface area contributed by atoms with Crippen molar-refractivity contribution < 1.29 is 22.7 Å². The highest BCUT2D eigenvalue weighted by molar-refractivity contribution is 7.89. The molecule has 0 radical (unpaired) electrons. The number of hydrogen-bond acceptors (Lipinski definition) is 5. The predicted octanol–water partition coefficient (Wildman–Crippen LogP) is 3.19. The molecule has 0 saturated heterocycles. The highest BCUT2D eigenvalue weighted by Gasteiger charge is 2.17. The van der Waals surface area contributed by atoms with E-state index in [1.807, 2.05) is 45.0 Å². The molecular formula is C22H30N2O5S. The van der Waals surface area contributed by atoms with Gasteiger partial charge in [-0.3, -0.25) is 4.79 Å². The molecule has 8 heteroatoms. The summed E-state index contributed by atoms with van der Waals surface area (Å²) in [6, 6.07) is 11.8. The summed E-state index contributed by atoms with van der Waals surface area (Å²) in [5, 5.41) is 2.87. The average molecular weight is 435 g/mol. The Balaban J connectivity index is 1.98. The van der Waals surface area contributed by atoms with Crippen LogP contribution in [0.1, 0.15) is 37.9 Å². The molecule has 0 unspecified atom stereocenters. The molecule has 30 heavy (non-hydrogen) atoms. The zero-order valence-corrected chi connectivity index (χ0v) is 18.9. The standard InChI is InChI=1S/C22H30N2O5S/c1-15(2)13-23-30(26,27)18-10-11-20(16(3)12-18)29-14-22(25)24-17(4)19-8-6-7-9-21(19)28-5/h6-12,15,17,23H,13-14H2,1-5H3,(H,24,25)/t17-/m0/s1. The monoisotopic (exact) mass is 434 g/mol. The topological polar surface area (TPSA) is 93.7 Å². The number of aryl methyl sites for hydroxylation is 1. The fourth-order valence-electron chi connectivity index (χ4n) is 2.84. The van der Waals surface area contributed by atoms with Crippen molar-refractivity contribution in [2.45, 2.75) is 38.6 Å². The summed E-state index contributed by atoms with van der Waals surface area (Å²) in [6.45, 7) is 7.66.